The molecule has 0 radical (unpaired) electrons. The fourth-order valence-electron chi connectivity index (χ4n) is 3.71. The standard InChI is InChI=1S/C24H21Cl2N3O4/c1-13-21-19(28-29-23(30)17-11-6-14(25)12-18(17)26)4-3-5-20(21)33-22(13)24(31)27-15-7-9-16(32-2)10-8-15/h6-12H,3-5H2,1-2H3,(H,27,31)(H,29,30)/b28-19+. The summed E-state index contributed by atoms with van der Waals surface area (Å²) in [6, 6.07) is 11.6. The summed E-state index contributed by atoms with van der Waals surface area (Å²) in [7, 11) is 1.58. The smallest absolute Gasteiger partial charge is 0.291 e. The molecule has 0 unspecified atom stereocenters. The molecule has 4 rings (SSSR count). The average molecular weight is 486 g/mol. The van der Waals surface area contributed by atoms with Crippen LogP contribution in [0.15, 0.2) is 52.0 Å². The van der Waals surface area contributed by atoms with Crippen LogP contribution in [0.3, 0.4) is 0 Å². The van der Waals surface area contributed by atoms with Gasteiger partial charge in [-0.05, 0) is 62.2 Å². The van der Waals surface area contributed by atoms with Gasteiger partial charge in [0.05, 0.1) is 23.4 Å². The normalized spacial score (nSPS) is 14.0. The lowest BCUT2D eigenvalue weighted by molar-refractivity contribution is 0.0953. The first kappa shape index (κ1) is 22.9. The number of nitrogens with zero attached hydrogens (tertiary/aromatic N) is 1. The van der Waals surface area contributed by atoms with E-state index in [4.69, 9.17) is 32.4 Å². The van der Waals surface area contributed by atoms with Gasteiger partial charge >= 0.3 is 0 Å². The van der Waals surface area contributed by atoms with Gasteiger partial charge in [-0.25, -0.2) is 5.43 Å². The van der Waals surface area contributed by atoms with Gasteiger partial charge in [0.25, 0.3) is 11.8 Å². The van der Waals surface area contributed by atoms with Crippen LogP contribution in [0.5, 0.6) is 5.75 Å². The van der Waals surface area contributed by atoms with Crippen LogP contribution < -0.4 is 15.5 Å². The van der Waals surface area contributed by atoms with Crippen molar-refractivity contribution in [2.75, 3.05) is 12.4 Å². The number of rotatable bonds is 5. The molecule has 3 aromatic rings. The van der Waals surface area contributed by atoms with E-state index in [-0.39, 0.29) is 22.3 Å². The predicted octanol–water partition coefficient (Wildman–Crippen LogP) is 5.63. The molecule has 7 nitrogen and oxygen atoms in total. The van der Waals surface area contributed by atoms with Crippen molar-refractivity contribution in [2.24, 2.45) is 5.10 Å². The van der Waals surface area contributed by atoms with Crippen LogP contribution in [0, 0.1) is 6.92 Å². The Morgan fingerprint density at radius 1 is 1.06 bits per heavy atom. The largest absolute Gasteiger partial charge is 0.497 e. The monoisotopic (exact) mass is 485 g/mol. The van der Waals surface area contributed by atoms with Gasteiger partial charge in [-0.15, -0.1) is 0 Å². The number of anilines is 1. The second-order valence-electron chi connectivity index (χ2n) is 7.51. The molecule has 2 aromatic carbocycles. The lowest BCUT2D eigenvalue weighted by Crippen LogP contribution is -2.22. The van der Waals surface area contributed by atoms with Crippen molar-refractivity contribution < 1.29 is 18.7 Å². The highest BCUT2D eigenvalue weighted by Crippen LogP contribution is 2.30. The Morgan fingerprint density at radius 3 is 2.52 bits per heavy atom. The summed E-state index contributed by atoms with van der Waals surface area (Å²) in [6.45, 7) is 1.81. The van der Waals surface area contributed by atoms with Crippen LogP contribution in [-0.2, 0) is 6.42 Å². The number of furan rings is 1. The number of fused-ring (bicyclic) bond motifs is 1. The third-order valence-corrected chi connectivity index (χ3v) is 5.90. The quantitative estimate of drug-likeness (QED) is 0.458. The first-order chi connectivity index (χ1) is 15.9. The number of hydrogen-bond donors (Lipinski definition) is 2. The Kier molecular flexibility index (Phi) is 6.72. The molecule has 0 saturated carbocycles. The molecule has 1 heterocycles. The molecule has 2 amide bonds. The van der Waals surface area contributed by atoms with Gasteiger partial charge in [0, 0.05) is 28.3 Å². The Hall–Kier alpha value is -3.29. The van der Waals surface area contributed by atoms with E-state index in [0.29, 0.717) is 46.3 Å². The molecule has 0 bridgehead atoms. The van der Waals surface area contributed by atoms with Crippen LogP contribution in [-0.4, -0.2) is 24.6 Å². The zero-order valence-electron chi connectivity index (χ0n) is 18.0. The lowest BCUT2D eigenvalue weighted by atomic mass is 9.93. The Morgan fingerprint density at radius 2 is 1.82 bits per heavy atom. The van der Waals surface area contributed by atoms with Gasteiger partial charge in [-0.1, -0.05) is 23.2 Å². The van der Waals surface area contributed by atoms with Gasteiger partial charge in [0.15, 0.2) is 5.76 Å². The number of amides is 2. The van der Waals surface area contributed by atoms with Crippen LogP contribution >= 0.6 is 23.2 Å². The maximum atomic E-state index is 12.9. The minimum absolute atomic E-state index is 0.220. The van der Waals surface area contributed by atoms with Crippen molar-refractivity contribution in [3.8, 4) is 5.75 Å². The predicted molar refractivity (Wildman–Crippen MR) is 128 cm³/mol. The van der Waals surface area contributed by atoms with Crippen LogP contribution in [0.2, 0.25) is 10.0 Å². The number of nitrogens with one attached hydrogen (secondary N) is 2. The van der Waals surface area contributed by atoms with E-state index in [2.05, 4.69) is 15.8 Å². The SMILES string of the molecule is COc1ccc(NC(=O)c2oc3c(c2C)/C(=N/NC(=O)c2ccc(Cl)cc2Cl)CCC3)cc1. The Balaban J connectivity index is 1.55. The Labute approximate surface area is 200 Å². The first-order valence-electron chi connectivity index (χ1n) is 10.3. The van der Waals surface area contributed by atoms with Crippen molar-refractivity contribution in [3.05, 3.63) is 80.7 Å². The summed E-state index contributed by atoms with van der Waals surface area (Å²) in [5.41, 5.74) is 5.52. The number of benzene rings is 2. The number of carbonyl (C=O) groups excluding carboxylic acids is 2. The molecule has 170 valence electrons. The molecule has 33 heavy (non-hydrogen) atoms. The molecule has 9 heteroatoms. The zero-order valence-corrected chi connectivity index (χ0v) is 19.5. The fraction of sp³-hybridized carbons (Fsp3) is 0.208. The molecule has 1 aliphatic carbocycles. The molecule has 1 aromatic heterocycles. The highest BCUT2D eigenvalue weighted by atomic mass is 35.5. The zero-order chi connectivity index (χ0) is 23.5. The third-order valence-electron chi connectivity index (χ3n) is 5.35. The van der Waals surface area contributed by atoms with Crippen LogP contribution in [0.25, 0.3) is 0 Å². The second-order valence-corrected chi connectivity index (χ2v) is 8.36. The summed E-state index contributed by atoms with van der Waals surface area (Å²) < 4.78 is 11.0. The average Bonchev–Trinajstić information content (AvgIpc) is 3.15. The topological polar surface area (TPSA) is 92.9 Å². The second kappa shape index (κ2) is 9.68. The summed E-state index contributed by atoms with van der Waals surface area (Å²) in [6.07, 6.45) is 2.11. The van der Waals surface area contributed by atoms with E-state index in [1.165, 1.54) is 12.1 Å². The molecular formula is C24H21Cl2N3O4. The highest BCUT2D eigenvalue weighted by Gasteiger charge is 2.28. The molecule has 0 spiro atoms. The minimum atomic E-state index is -0.449. The Bertz CT molecular complexity index is 1250. The van der Waals surface area contributed by atoms with Crippen molar-refractivity contribution in [2.45, 2.75) is 26.2 Å². The molecule has 0 saturated heterocycles. The maximum absolute atomic E-state index is 12.9. The number of aryl methyl sites for hydroxylation is 1. The molecule has 1 aliphatic rings. The van der Waals surface area contributed by atoms with E-state index in [1.54, 1.807) is 37.4 Å². The number of hydrogen-bond acceptors (Lipinski definition) is 5. The number of ether oxygens (including phenoxy) is 1. The van der Waals surface area contributed by atoms with E-state index < -0.39 is 5.91 Å². The van der Waals surface area contributed by atoms with Gasteiger partial charge < -0.3 is 14.5 Å². The number of halogens is 2. The molecule has 0 aliphatic heterocycles. The van der Waals surface area contributed by atoms with Crippen molar-refractivity contribution in [1.29, 1.82) is 0 Å². The van der Waals surface area contributed by atoms with E-state index >= 15 is 0 Å². The van der Waals surface area contributed by atoms with E-state index in [1.807, 2.05) is 6.92 Å². The fourth-order valence-corrected chi connectivity index (χ4v) is 4.21. The maximum Gasteiger partial charge on any atom is 0.291 e. The lowest BCUT2D eigenvalue weighted by Gasteiger charge is -2.13. The summed E-state index contributed by atoms with van der Waals surface area (Å²) >= 11 is 12.0. The van der Waals surface area contributed by atoms with Gasteiger partial charge in [-0.2, -0.15) is 5.10 Å². The van der Waals surface area contributed by atoms with Gasteiger partial charge in [-0.3, -0.25) is 9.59 Å². The van der Waals surface area contributed by atoms with E-state index in [0.717, 1.165) is 12.0 Å². The summed E-state index contributed by atoms with van der Waals surface area (Å²) in [5.74, 6) is 0.785. The summed E-state index contributed by atoms with van der Waals surface area (Å²) in [5, 5.41) is 7.83. The number of carbonyl (C=O) groups is 2. The van der Waals surface area contributed by atoms with Crippen LogP contribution in [0.1, 0.15) is 50.6 Å². The molecule has 0 atom stereocenters. The highest BCUT2D eigenvalue weighted by molar-refractivity contribution is 6.36. The minimum Gasteiger partial charge on any atom is -0.497 e. The summed E-state index contributed by atoms with van der Waals surface area (Å²) in [4.78, 5) is 25.4. The van der Waals surface area contributed by atoms with E-state index in [9.17, 15) is 9.59 Å². The van der Waals surface area contributed by atoms with Crippen molar-refractivity contribution in [1.82, 2.24) is 5.43 Å². The van der Waals surface area contributed by atoms with Crippen LogP contribution in [0.4, 0.5) is 5.69 Å². The first-order valence-corrected chi connectivity index (χ1v) is 11.0. The number of hydrazone groups is 1. The van der Waals surface area contributed by atoms with Crippen molar-refractivity contribution >= 4 is 46.4 Å². The third kappa shape index (κ3) is 4.89. The molecule has 2 N–H and O–H groups in total. The van der Waals surface area contributed by atoms with Crippen molar-refractivity contribution in [3.63, 3.8) is 0 Å². The molecule has 0 fully saturated rings. The van der Waals surface area contributed by atoms with Gasteiger partial charge in [0.2, 0.25) is 0 Å². The molecular weight excluding hydrogens is 465 g/mol. The number of methoxy groups -OCH3 is 1. The van der Waals surface area contributed by atoms with Gasteiger partial charge in [0.1, 0.15) is 11.5 Å².